The van der Waals surface area contributed by atoms with E-state index in [0.29, 0.717) is 0 Å². The summed E-state index contributed by atoms with van der Waals surface area (Å²) in [5, 5.41) is 0. The highest BCUT2D eigenvalue weighted by molar-refractivity contribution is 5.03. The van der Waals surface area contributed by atoms with E-state index in [-0.39, 0.29) is 0 Å². The molecule has 0 spiro atoms. The Kier molecular flexibility index (Phi) is 5.91. The Balaban J connectivity index is 3.62. The molecule has 0 aromatic heterocycles. The molecule has 0 unspecified atom stereocenters. The van der Waals surface area contributed by atoms with E-state index < -0.39 is 0 Å². The van der Waals surface area contributed by atoms with Crippen LogP contribution in [0.5, 0.6) is 0 Å². The molecule has 0 saturated heterocycles. The molecule has 0 aromatic rings. The van der Waals surface area contributed by atoms with Crippen LogP contribution in [0.2, 0.25) is 0 Å². The van der Waals surface area contributed by atoms with Crippen molar-refractivity contribution in [3.63, 3.8) is 0 Å². The van der Waals surface area contributed by atoms with Crippen molar-refractivity contribution in [2.75, 3.05) is 0 Å². The maximum absolute atomic E-state index is 3.67. The third-order valence-corrected chi connectivity index (χ3v) is 1.47. The molecule has 10 heavy (non-hydrogen) atoms. The zero-order valence-electron chi connectivity index (χ0n) is 6.82. The van der Waals surface area contributed by atoms with E-state index in [1.54, 1.807) is 0 Å². The third kappa shape index (κ3) is 4.17. The summed E-state index contributed by atoms with van der Waals surface area (Å²) in [6.07, 6.45) is 6.46. The van der Waals surface area contributed by atoms with Gasteiger partial charge < -0.3 is 0 Å². The van der Waals surface area contributed by atoms with E-state index in [9.17, 15) is 0 Å². The first kappa shape index (κ1) is 9.26. The van der Waals surface area contributed by atoms with Gasteiger partial charge in [-0.05, 0) is 24.8 Å². The monoisotopic (exact) mass is 136 g/mol. The summed E-state index contributed by atoms with van der Waals surface area (Å²) >= 11 is 0. The Labute approximate surface area is 64.0 Å². The summed E-state index contributed by atoms with van der Waals surface area (Å²) in [5.74, 6) is 0. The average Bonchev–Trinajstić information content (AvgIpc) is 1.98. The molecule has 0 bridgehead atoms. The van der Waals surface area contributed by atoms with Crippen molar-refractivity contribution < 1.29 is 0 Å². The second-order valence-corrected chi connectivity index (χ2v) is 2.38. The minimum atomic E-state index is 0.948. The highest BCUT2D eigenvalue weighted by Crippen LogP contribution is 2.09. The Morgan fingerprint density at radius 2 is 2.30 bits per heavy atom. The maximum Gasteiger partial charge on any atom is -0.00654 e. The lowest BCUT2D eigenvalue weighted by Crippen LogP contribution is -1.79. The van der Waals surface area contributed by atoms with Crippen LogP contribution in [0.4, 0.5) is 0 Å². The molecule has 0 atom stereocenters. The molecule has 0 radical (unpaired) electrons. The molecule has 0 saturated carbocycles. The summed E-state index contributed by atoms with van der Waals surface area (Å²) < 4.78 is 0. The molecule has 0 amide bonds. The molecule has 0 heteroatoms. The Bertz CT molecular complexity index is 136. The number of rotatable bonds is 5. The van der Waals surface area contributed by atoms with Gasteiger partial charge in [0, 0.05) is 0 Å². The highest BCUT2D eigenvalue weighted by Gasteiger charge is 1.90. The van der Waals surface area contributed by atoms with Crippen LogP contribution >= 0.6 is 0 Å². The van der Waals surface area contributed by atoms with Crippen molar-refractivity contribution in [1.82, 2.24) is 0 Å². The van der Waals surface area contributed by atoms with E-state index in [1.165, 1.54) is 18.4 Å². The molecule has 0 aliphatic carbocycles. The number of hydrogen-bond donors (Lipinski definition) is 0. The molecule has 56 valence electrons. The lowest BCUT2D eigenvalue weighted by Gasteiger charge is -1.97. The predicted molar refractivity (Wildman–Crippen MR) is 47.0 cm³/mol. The van der Waals surface area contributed by atoms with Gasteiger partial charge in [0.2, 0.25) is 0 Å². The summed E-state index contributed by atoms with van der Waals surface area (Å²) in [4.78, 5) is 0. The fourth-order valence-corrected chi connectivity index (χ4v) is 0.827. The van der Waals surface area contributed by atoms with Gasteiger partial charge in [-0.3, -0.25) is 0 Å². The summed E-state index contributed by atoms with van der Waals surface area (Å²) in [6.45, 7) is 9.48. The fraction of sp³-hybridized carbons (Fsp3) is 0.500. The lowest BCUT2D eigenvalue weighted by atomic mass is 10.1. The molecule has 0 N–H and O–H groups in total. The summed E-state index contributed by atoms with van der Waals surface area (Å²) in [6, 6.07) is 0. The number of allylic oxidation sites excluding steroid dienone is 2. The quantitative estimate of drug-likeness (QED) is 0.401. The Hall–Kier alpha value is -0.740. The zero-order chi connectivity index (χ0) is 7.82. The van der Waals surface area contributed by atoms with Crippen LogP contribution in [0.3, 0.4) is 0 Å². The highest BCUT2D eigenvalue weighted by atomic mass is 14.0. The second kappa shape index (κ2) is 6.38. The van der Waals surface area contributed by atoms with Crippen LogP contribution in [-0.2, 0) is 0 Å². The van der Waals surface area contributed by atoms with Crippen molar-refractivity contribution in [3.05, 3.63) is 30.5 Å². The first-order valence-electron chi connectivity index (χ1n) is 3.83. The SMILES string of the molecule is C=C=C(CC=C)CCCC. The maximum atomic E-state index is 3.67. The van der Waals surface area contributed by atoms with Crippen molar-refractivity contribution in [1.29, 1.82) is 0 Å². The molecule has 0 nitrogen and oxygen atoms in total. The van der Waals surface area contributed by atoms with Crippen molar-refractivity contribution in [2.24, 2.45) is 0 Å². The van der Waals surface area contributed by atoms with Gasteiger partial charge in [-0.15, -0.1) is 12.3 Å². The standard InChI is InChI=1S/C10H16/c1-4-7-9-10(6-3)8-5-2/h5H,2-4,7-9H2,1H3. The molecule has 0 rings (SSSR count). The van der Waals surface area contributed by atoms with Crippen molar-refractivity contribution in [3.8, 4) is 0 Å². The van der Waals surface area contributed by atoms with Gasteiger partial charge in [-0.2, -0.15) is 0 Å². The molecule has 0 heterocycles. The number of hydrogen-bond acceptors (Lipinski definition) is 0. The molecule has 0 aliphatic heterocycles. The van der Waals surface area contributed by atoms with Crippen molar-refractivity contribution >= 4 is 0 Å². The minimum absolute atomic E-state index is 0.948. The van der Waals surface area contributed by atoms with E-state index in [2.05, 4.69) is 25.8 Å². The van der Waals surface area contributed by atoms with Crippen LogP contribution in [0, 0.1) is 0 Å². The minimum Gasteiger partial charge on any atom is -0.129 e. The van der Waals surface area contributed by atoms with Crippen LogP contribution < -0.4 is 0 Å². The van der Waals surface area contributed by atoms with Gasteiger partial charge in [-0.1, -0.05) is 26.0 Å². The molecule has 0 aliphatic rings. The first-order valence-corrected chi connectivity index (χ1v) is 3.83. The molecule has 0 fully saturated rings. The van der Waals surface area contributed by atoms with Gasteiger partial charge in [0.15, 0.2) is 0 Å². The fourth-order valence-electron chi connectivity index (χ4n) is 0.827. The van der Waals surface area contributed by atoms with Gasteiger partial charge >= 0.3 is 0 Å². The summed E-state index contributed by atoms with van der Waals surface area (Å²) in [5.41, 5.74) is 4.22. The molecular formula is C10H16. The van der Waals surface area contributed by atoms with Crippen LogP contribution in [0.25, 0.3) is 0 Å². The van der Waals surface area contributed by atoms with Crippen LogP contribution in [0.1, 0.15) is 32.6 Å². The zero-order valence-corrected chi connectivity index (χ0v) is 6.82. The van der Waals surface area contributed by atoms with Gasteiger partial charge in [0.1, 0.15) is 0 Å². The molecular weight excluding hydrogens is 120 g/mol. The van der Waals surface area contributed by atoms with Crippen molar-refractivity contribution in [2.45, 2.75) is 32.6 Å². The number of unbranched alkanes of at least 4 members (excludes halogenated alkanes) is 1. The predicted octanol–water partition coefficient (Wildman–Crippen LogP) is 3.46. The Morgan fingerprint density at radius 3 is 2.70 bits per heavy atom. The summed E-state index contributed by atoms with van der Waals surface area (Å²) in [7, 11) is 0. The van der Waals surface area contributed by atoms with Gasteiger partial charge in [0.05, 0.1) is 0 Å². The first-order chi connectivity index (χ1) is 4.85. The van der Waals surface area contributed by atoms with Gasteiger partial charge in [0.25, 0.3) is 0 Å². The van der Waals surface area contributed by atoms with Gasteiger partial charge in [-0.25, -0.2) is 0 Å². The Morgan fingerprint density at radius 1 is 1.60 bits per heavy atom. The normalized spacial score (nSPS) is 8.50. The van der Waals surface area contributed by atoms with E-state index in [0.717, 1.165) is 12.8 Å². The van der Waals surface area contributed by atoms with E-state index in [1.807, 2.05) is 6.08 Å². The topological polar surface area (TPSA) is 0 Å². The van der Waals surface area contributed by atoms with Crippen LogP contribution in [-0.4, -0.2) is 0 Å². The third-order valence-electron chi connectivity index (χ3n) is 1.47. The van der Waals surface area contributed by atoms with Crippen LogP contribution in [0.15, 0.2) is 30.5 Å². The van der Waals surface area contributed by atoms with E-state index >= 15 is 0 Å². The average molecular weight is 136 g/mol. The largest absolute Gasteiger partial charge is 0.129 e. The van der Waals surface area contributed by atoms with E-state index in [4.69, 9.17) is 0 Å². The molecule has 0 aromatic carbocycles. The lowest BCUT2D eigenvalue weighted by molar-refractivity contribution is 0.777. The second-order valence-electron chi connectivity index (χ2n) is 2.38. The smallest absolute Gasteiger partial charge is 0.00654 e.